The first kappa shape index (κ1) is 27.7. The summed E-state index contributed by atoms with van der Waals surface area (Å²) in [6, 6.07) is -0.837. The average Bonchev–Trinajstić information content (AvgIpc) is 3.24. The van der Waals surface area contributed by atoms with Crippen molar-refractivity contribution in [2.24, 2.45) is 5.41 Å². The molecule has 0 radical (unpaired) electrons. The summed E-state index contributed by atoms with van der Waals surface area (Å²) in [5.74, 6) is -1.27. The molecular formula is C24H42BN3O7. The maximum atomic E-state index is 13.2. The van der Waals surface area contributed by atoms with E-state index in [9.17, 15) is 19.5 Å². The lowest BCUT2D eigenvalue weighted by Crippen LogP contribution is -2.58. The number of ether oxygens (including phenoxy) is 1. The van der Waals surface area contributed by atoms with Crippen molar-refractivity contribution in [3.8, 4) is 0 Å². The van der Waals surface area contributed by atoms with Crippen LogP contribution in [0.5, 0.6) is 0 Å². The van der Waals surface area contributed by atoms with Gasteiger partial charge in [0.25, 0.3) is 0 Å². The first-order valence-electron chi connectivity index (χ1n) is 12.6. The summed E-state index contributed by atoms with van der Waals surface area (Å²) in [4.78, 5) is 39.4. The molecule has 2 amide bonds. The van der Waals surface area contributed by atoms with Gasteiger partial charge in [-0.2, -0.15) is 0 Å². The van der Waals surface area contributed by atoms with Crippen molar-refractivity contribution in [1.82, 2.24) is 15.5 Å². The second-order valence-corrected chi connectivity index (χ2v) is 12.3. The van der Waals surface area contributed by atoms with Gasteiger partial charge in [0.2, 0.25) is 5.91 Å². The van der Waals surface area contributed by atoms with Crippen LogP contribution in [-0.4, -0.2) is 83.1 Å². The zero-order valence-corrected chi connectivity index (χ0v) is 22.4. The molecule has 3 fully saturated rings. The third kappa shape index (κ3) is 5.32. The fraction of sp³-hybridized carbons (Fsp3) is 0.875. The molecule has 0 aromatic heterocycles. The van der Waals surface area contributed by atoms with Crippen molar-refractivity contribution < 1.29 is 33.5 Å². The van der Waals surface area contributed by atoms with Crippen LogP contribution in [0.15, 0.2) is 0 Å². The van der Waals surface area contributed by atoms with Gasteiger partial charge in [-0.1, -0.05) is 6.42 Å². The Morgan fingerprint density at radius 2 is 1.74 bits per heavy atom. The van der Waals surface area contributed by atoms with Crippen LogP contribution >= 0.6 is 0 Å². The quantitative estimate of drug-likeness (QED) is 0.460. The van der Waals surface area contributed by atoms with Gasteiger partial charge in [0, 0.05) is 12.0 Å². The first-order valence-corrected chi connectivity index (χ1v) is 12.6. The standard InChI is InChI=1S/C24H42BN3O7/c1-16(27-19(32)33-20(2,3)4)17(29)28-14-23(11-13-26-24(23,15-28)18(30)31)10-9-12-25-34-21(5,6)22(7,8)35-25/h16,26H,9-15H2,1-8H3,(H,27,32)(H,30,31)/t16-,23+,24+/m0/s1. The summed E-state index contributed by atoms with van der Waals surface area (Å²) in [5, 5.41) is 16.0. The van der Waals surface area contributed by atoms with E-state index >= 15 is 0 Å². The molecule has 0 aliphatic carbocycles. The number of carboxylic acids is 1. The number of nitrogens with one attached hydrogen (secondary N) is 2. The van der Waals surface area contributed by atoms with Crippen molar-refractivity contribution in [1.29, 1.82) is 0 Å². The molecule has 0 aromatic carbocycles. The fourth-order valence-corrected chi connectivity index (χ4v) is 5.51. The highest BCUT2D eigenvalue weighted by Crippen LogP contribution is 2.50. The number of fused-ring (bicyclic) bond motifs is 1. The van der Waals surface area contributed by atoms with E-state index in [1.54, 1.807) is 32.6 Å². The minimum absolute atomic E-state index is 0.0536. The summed E-state index contributed by atoms with van der Waals surface area (Å²) in [5.41, 5.74) is -3.34. The van der Waals surface area contributed by atoms with E-state index < -0.39 is 45.9 Å². The smallest absolute Gasteiger partial charge is 0.457 e. The van der Waals surface area contributed by atoms with Crippen molar-refractivity contribution in [2.45, 2.75) is 109 Å². The van der Waals surface area contributed by atoms with Gasteiger partial charge in [-0.3, -0.25) is 14.9 Å². The molecule has 198 valence electrons. The van der Waals surface area contributed by atoms with E-state index in [0.29, 0.717) is 38.7 Å². The van der Waals surface area contributed by atoms with E-state index in [1.165, 1.54) is 0 Å². The Labute approximate surface area is 208 Å². The van der Waals surface area contributed by atoms with Gasteiger partial charge in [0.05, 0.1) is 17.7 Å². The van der Waals surface area contributed by atoms with Crippen LogP contribution < -0.4 is 10.6 Å². The zero-order valence-electron chi connectivity index (χ0n) is 22.4. The maximum Gasteiger partial charge on any atom is 0.457 e. The first-order chi connectivity index (χ1) is 15.9. The third-order valence-electron chi connectivity index (χ3n) is 8.03. The summed E-state index contributed by atoms with van der Waals surface area (Å²) in [6.45, 7) is 15.8. The van der Waals surface area contributed by atoms with Crippen LogP contribution in [-0.2, 0) is 23.6 Å². The molecule has 0 aromatic rings. The number of alkyl carbamates (subject to hydrolysis) is 1. The van der Waals surface area contributed by atoms with Crippen LogP contribution in [0.25, 0.3) is 0 Å². The predicted octanol–water partition coefficient (Wildman–Crippen LogP) is 2.42. The number of nitrogens with zero attached hydrogens (tertiary/aromatic N) is 1. The minimum atomic E-state index is -1.22. The Balaban J connectivity index is 1.67. The summed E-state index contributed by atoms with van der Waals surface area (Å²) >= 11 is 0. The topological polar surface area (TPSA) is 126 Å². The van der Waals surface area contributed by atoms with Crippen LogP contribution in [0.1, 0.15) is 74.7 Å². The molecule has 3 heterocycles. The summed E-state index contributed by atoms with van der Waals surface area (Å²) < 4.78 is 17.5. The number of aliphatic carboxylic acids is 1. The van der Waals surface area contributed by atoms with Crippen molar-refractivity contribution in [2.75, 3.05) is 19.6 Å². The zero-order chi connectivity index (χ0) is 26.4. The number of carbonyl (C=O) groups is 3. The number of hydrogen-bond acceptors (Lipinski definition) is 7. The van der Waals surface area contributed by atoms with E-state index in [-0.39, 0.29) is 19.6 Å². The Hall–Kier alpha value is -1.85. The number of hydrogen-bond donors (Lipinski definition) is 3. The highest BCUT2D eigenvalue weighted by atomic mass is 16.7. The van der Waals surface area contributed by atoms with Gasteiger partial charge < -0.3 is 29.4 Å². The van der Waals surface area contributed by atoms with Crippen LogP contribution in [0, 0.1) is 5.41 Å². The third-order valence-corrected chi connectivity index (χ3v) is 8.03. The second-order valence-electron chi connectivity index (χ2n) is 12.3. The summed E-state index contributed by atoms with van der Waals surface area (Å²) in [7, 11) is -0.345. The number of carboxylic acid groups (broad SMARTS) is 1. The molecule has 3 rings (SSSR count). The molecule has 0 bridgehead atoms. The Kier molecular flexibility index (Phi) is 7.31. The second kappa shape index (κ2) is 9.23. The van der Waals surface area contributed by atoms with Crippen LogP contribution in [0.4, 0.5) is 4.79 Å². The minimum Gasteiger partial charge on any atom is -0.480 e. The molecule has 3 aliphatic rings. The Morgan fingerprint density at radius 1 is 1.14 bits per heavy atom. The van der Waals surface area contributed by atoms with Crippen molar-refractivity contribution in [3.05, 3.63) is 0 Å². The lowest BCUT2D eigenvalue weighted by Gasteiger charge is -2.35. The highest BCUT2D eigenvalue weighted by Gasteiger charge is 2.65. The average molecular weight is 495 g/mol. The predicted molar refractivity (Wildman–Crippen MR) is 131 cm³/mol. The van der Waals surface area contributed by atoms with Gasteiger partial charge >= 0.3 is 19.2 Å². The van der Waals surface area contributed by atoms with Gasteiger partial charge in [-0.25, -0.2) is 4.79 Å². The fourth-order valence-electron chi connectivity index (χ4n) is 5.51. The van der Waals surface area contributed by atoms with Gasteiger partial charge in [0.15, 0.2) is 0 Å². The molecule has 3 N–H and O–H groups in total. The molecule has 3 aliphatic heterocycles. The SMILES string of the molecule is C[C@H](NC(=O)OC(C)(C)C)C(=O)N1C[C@@]2(CCCB3OC(C)(C)C(C)(C)O3)CCN[C@@]2(C(=O)O)C1. The lowest BCUT2D eigenvalue weighted by molar-refractivity contribution is -0.147. The van der Waals surface area contributed by atoms with Crippen LogP contribution in [0.3, 0.4) is 0 Å². The van der Waals surface area contributed by atoms with E-state index in [2.05, 4.69) is 10.6 Å². The summed E-state index contributed by atoms with van der Waals surface area (Å²) in [6.07, 6.45) is 1.95. The van der Waals surface area contributed by atoms with E-state index in [1.807, 2.05) is 27.7 Å². The van der Waals surface area contributed by atoms with Crippen molar-refractivity contribution in [3.63, 3.8) is 0 Å². The monoisotopic (exact) mass is 495 g/mol. The van der Waals surface area contributed by atoms with Gasteiger partial charge in [-0.15, -0.1) is 0 Å². The Bertz CT molecular complexity index is 843. The molecule has 10 nitrogen and oxygen atoms in total. The van der Waals surface area contributed by atoms with E-state index in [0.717, 1.165) is 0 Å². The maximum absolute atomic E-state index is 13.2. The Morgan fingerprint density at radius 3 is 2.29 bits per heavy atom. The largest absolute Gasteiger partial charge is 0.480 e. The van der Waals surface area contributed by atoms with E-state index in [4.69, 9.17) is 14.0 Å². The van der Waals surface area contributed by atoms with Crippen molar-refractivity contribution >= 4 is 25.1 Å². The molecule has 0 unspecified atom stereocenters. The molecule has 11 heteroatoms. The lowest BCUT2D eigenvalue weighted by atomic mass is 9.68. The van der Waals surface area contributed by atoms with Crippen LogP contribution in [0.2, 0.25) is 6.32 Å². The normalized spacial score (nSPS) is 30.2. The number of amides is 2. The molecular weight excluding hydrogens is 453 g/mol. The molecule has 0 saturated carbocycles. The highest BCUT2D eigenvalue weighted by molar-refractivity contribution is 6.45. The molecule has 35 heavy (non-hydrogen) atoms. The van der Waals surface area contributed by atoms with Gasteiger partial charge in [0.1, 0.15) is 17.2 Å². The molecule has 3 saturated heterocycles. The molecule has 0 spiro atoms. The van der Waals surface area contributed by atoms with Gasteiger partial charge in [-0.05, 0) is 81.1 Å². The number of carbonyl (C=O) groups excluding carboxylic acids is 2. The molecule has 3 atom stereocenters. The number of rotatable bonds is 7. The number of likely N-dealkylation sites (tertiary alicyclic amines) is 1.